The number of carbonyl (C=O) groups is 2. The zero-order chi connectivity index (χ0) is 16.8. The fraction of sp³-hybridized carbons (Fsp3) is 0.529. The molecule has 1 fully saturated rings. The third kappa shape index (κ3) is 4.69. The molecule has 2 rings (SSSR count). The van der Waals surface area contributed by atoms with Crippen LogP contribution in [0.25, 0.3) is 0 Å². The first-order chi connectivity index (χ1) is 11.0. The van der Waals surface area contributed by atoms with Crippen molar-refractivity contribution in [3.63, 3.8) is 0 Å². The molecule has 6 heteroatoms. The molecule has 0 saturated carbocycles. The Morgan fingerprint density at radius 1 is 1.30 bits per heavy atom. The fourth-order valence-corrected chi connectivity index (χ4v) is 2.79. The first-order valence-electron chi connectivity index (χ1n) is 7.90. The van der Waals surface area contributed by atoms with Crippen LogP contribution in [-0.4, -0.2) is 59.7 Å². The van der Waals surface area contributed by atoms with E-state index in [2.05, 4.69) is 4.90 Å². The molecule has 6 nitrogen and oxygen atoms in total. The smallest absolute Gasteiger partial charge is 0.410 e. The first-order valence-corrected chi connectivity index (χ1v) is 7.90. The number of hydrogen-bond acceptors (Lipinski definition) is 4. The summed E-state index contributed by atoms with van der Waals surface area (Å²) in [5.74, 6) is -1.41. The molecule has 126 valence electrons. The molecule has 1 amide bonds. The zero-order valence-corrected chi connectivity index (χ0v) is 13.6. The standard InChI is InChI=1S/C17H24N2O4/c1-3-18(2)15-9-14(16(20)21)10-19(11-15)17(22)23-12-13-7-5-4-6-8-13/h4-8,14-15H,3,9-12H2,1-2H3,(H,20,21)/t14-,15-/m0/s1. The van der Waals surface area contributed by atoms with Crippen molar-refractivity contribution < 1.29 is 19.4 Å². The summed E-state index contributed by atoms with van der Waals surface area (Å²) in [7, 11) is 1.95. The van der Waals surface area contributed by atoms with E-state index in [1.54, 1.807) is 0 Å². The third-order valence-corrected chi connectivity index (χ3v) is 4.36. The second-order valence-corrected chi connectivity index (χ2v) is 5.94. The molecule has 0 aromatic heterocycles. The molecule has 0 bridgehead atoms. The first kappa shape index (κ1) is 17.3. The van der Waals surface area contributed by atoms with Crippen molar-refractivity contribution in [2.24, 2.45) is 5.92 Å². The lowest BCUT2D eigenvalue weighted by atomic mass is 9.94. The SMILES string of the molecule is CCN(C)[C@H]1C[C@H](C(=O)O)CN(C(=O)OCc2ccccc2)C1. The highest BCUT2D eigenvalue weighted by atomic mass is 16.6. The van der Waals surface area contributed by atoms with Crippen LogP contribution < -0.4 is 0 Å². The van der Waals surface area contributed by atoms with Crippen LogP contribution in [0.15, 0.2) is 30.3 Å². The summed E-state index contributed by atoms with van der Waals surface area (Å²) in [6.45, 7) is 3.73. The van der Waals surface area contributed by atoms with E-state index in [0.717, 1.165) is 12.1 Å². The number of amides is 1. The normalized spacial score (nSPS) is 21.3. The van der Waals surface area contributed by atoms with Crippen LogP contribution in [0.5, 0.6) is 0 Å². The van der Waals surface area contributed by atoms with E-state index in [-0.39, 0.29) is 19.2 Å². The van der Waals surface area contributed by atoms with Gasteiger partial charge < -0.3 is 19.6 Å². The minimum atomic E-state index is -0.861. The van der Waals surface area contributed by atoms with Gasteiger partial charge in [0.2, 0.25) is 0 Å². The molecule has 1 aliphatic heterocycles. The van der Waals surface area contributed by atoms with E-state index < -0.39 is 18.0 Å². The summed E-state index contributed by atoms with van der Waals surface area (Å²) in [6.07, 6.45) is 0.108. The Labute approximate surface area is 136 Å². The van der Waals surface area contributed by atoms with E-state index in [1.807, 2.05) is 44.3 Å². The number of likely N-dealkylation sites (N-methyl/N-ethyl adjacent to an activating group) is 1. The topological polar surface area (TPSA) is 70.1 Å². The van der Waals surface area contributed by atoms with Gasteiger partial charge >= 0.3 is 12.1 Å². The van der Waals surface area contributed by atoms with Crippen molar-refractivity contribution in [3.05, 3.63) is 35.9 Å². The van der Waals surface area contributed by atoms with Crippen molar-refractivity contribution in [3.8, 4) is 0 Å². The van der Waals surface area contributed by atoms with E-state index in [9.17, 15) is 14.7 Å². The number of aliphatic carboxylic acids is 1. The molecule has 1 aromatic carbocycles. The summed E-state index contributed by atoms with van der Waals surface area (Å²) in [4.78, 5) is 27.2. The Balaban J connectivity index is 1.98. The monoisotopic (exact) mass is 320 g/mol. The van der Waals surface area contributed by atoms with Crippen LogP contribution >= 0.6 is 0 Å². The number of likely N-dealkylation sites (tertiary alicyclic amines) is 1. The number of carboxylic acids is 1. The Bertz CT molecular complexity index is 535. The van der Waals surface area contributed by atoms with Gasteiger partial charge in [-0.3, -0.25) is 4.79 Å². The van der Waals surface area contributed by atoms with Gasteiger partial charge in [0.25, 0.3) is 0 Å². The second kappa shape index (κ2) is 7.97. The number of benzene rings is 1. The van der Waals surface area contributed by atoms with E-state index >= 15 is 0 Å². The molecule has 23 heavy (non-hydrogen) atoms. The van der Waals surface area contributed by atoms with Crippen LogP contribution in [-0.2, 0) is 16.1 Å². The van der Waals surface area contributed by atoms with Gasteiger partial charge in [-0.25, -0.2) is 4.79 Å². The fourth-order valence-electron chi connectivity index (χ4n) is 2.79. The molecule has 0 spiro atoms. The van der Waals surface area contributed by atoms with E-state index in [0.29, 0.717) is 13.0 Å². The highest BCUT2D eigenvalue weighted by Crippen LogP contribution is 2.21. The number of piperidine rings is 1. The van der Waals surface area contributed by atoms with Gasteiger partial charge in [-0.1, -0.05) is 37.3 Å². The van der Waals surface area contributed by atoms with Crippen molar-refractivity contribution in [2.45, 2.75) is 26.0 Å². The van der Waals surface area contributed by atoms with Gasteiger partial charge in [0.05, 0.1) is 5.92 Å². The number of nitrogens with zero attached hydrogens (tertiary/aromatic N) is 2. The number of rotatable bonds is 5. The molecular formula is C17H24N2O4. The van der Waals surface area contributed by atoms with Gasteiger partial charge in [0, 0.05) is 19.1 Å². The lowest BCUT2D eigenvalue weighted by Gasteiger charge is -2.39. The Morgan fingerprint density at radius 2 is 2.00 bits per heavy atom. The maximum absolute atomic E-state index is 12.3. The molecule has 1 aliphatic rings. The minimum Gasteiger partial charge on any atom is -0.481 e. The van der Waals surface area contributed by atoms with E-state index in [4.69, 9.17) is 4.74 Å². The van der Waals surface area contributed by atoms with Gasteiger partial charge in [-0.05, 0) is 25.6 Å². The molecule has 0 aliphatic carbocycles. The van der Waals surface area contributed by atoms with E-state index in [1.165, 1.54) is 4.90 Å². The maximum Gasteiger partial charge on any atom is 0.410 e. The molecule has 0 radical (unpaired) electrons. The molecule has 1 N–H and O–H groups in total. The van der Waals surface area contributed by atoms with Gasteiger partial charge in [-0.15, -0.1) is 0 Å². The molecule has 0 unspecified atom stereocenters. The van der Waals surface area contributed by atoms with Crippen LogP contribution in [0.3, 0.4) is 0 Å². The van der Waals surface area contributed by atoms with Crippen molar-refractivity contribution >= 4 is 12.1 Å². The van der Waals surface area contributed by atoms with Crippen LogP contribution in [0.4, 0.5) is 4.79 Å². The highest BCUT2D eigenvalue weighted by Gasteiger charge is 2.35. The lowest BCUT2D eigenvalue weighted by Crippen LogP contribution is -2.53. The van der Waals surface area contributed by atoms with Crippen molar-refractivity contribution in [1.29, 1.82) is 0 Å². The predicted octanol–water partition coefficient (Wildman–Crippen LogP) is 2.05. The average molecular weight is 320 g/mol. The number of carbonyl (C=O) groups excluding carboxylic acids is 1. The molecule has 2 atom stereocenters. The van der Waals surface area contributed by atoms with Crippen molar-refractivity contribution in [2.75, 3.05) is 26.7 Å². The largest absolute Gasteiger partial charge is 0.481 e. The van der Waals surface area contributed by atoms with Crippen LogP contribution in [0.1, 0.15) is 18.9 Å². The quantitative estimate of drug-likeness (QED) is 0.899. The van der Waals surface area contributed by atoms with Crippen LogP contribution in [0, 0.1) is 5.92 Å². The lowest BCUT2D eigenvalue weighted by molar-refractivity contribution is -0.144. The Kier molecular flexibility index (Phi) is 5.98. The average Bonchev–Trinajstić information content (AvgIpc) is 2.59. The van der Waals surface area contributed by atoms with Crippen LogP contribution in [0.2, 0.25) is 0 Å². The third-order valence-electron chi connectivity index (χ3n) is 4.36. The molecule has 1 aromatic rings. The Morgan fingerprint density at radius 3 is 2.61 bits per heavy atom. The summed E-state index contributed by atoms with van der Waals surface area (Å²) < 4.78 is 5.33. The van der Waals surface area contributed by atoms with Gasteiger partial charge in [0.1, 0.15) is 6.61 Å². The molecule has 1 saturated heterocycles. The predicted molar refractivity (Wildman–Crippen MR) is 86.0 cm³/mol. The maximum atomic E-state index is 12.3. The number of ether oxygens (including phenoxy) is 1. The van der Waals surface area contributed by atoms with Crippen molar-refractivity contribution in [1.82, 2.24) is 9.80 Å². The molecule has 1 heterocycles. The summed E-state index contributed by atoms with van der Waals surface area (Å²) >= 11 is 0. The van der Waals surface area contributed by atoms with Gasteiger partial charge in [-0.2, -0.15) is 0 Å². The zero-order valence-electron chi connectivity index (χ0n) is 13.6. The summed E-state index contributed by atoms with van der Waals surface area (Å²) in [5.41, 5.74) is 0.912. The molecular weight excluding hydrogens is 296 g/mol. The second-order valence-electron chi connectivity index (χ2n) is 5.94. The highest BCUT2D eigenvalue weighted by molar-refractivity contribution is 5.73. The number of hydrogen-bond donors (Lipinski definition) is 1. The minimum absolute atomic E-state index is 0.0409. The summed E-state index contributed by atoms with van der Waals surface area (Å²) in [6, 6.07) is 9.49. The van der Waals surface area contributed by atoms with Gasteiger partial charge in [0.15, 0.2) is 0 Å². The summed E-state index contributed by atoms with van der Waals surface area (Å²) in [5, 5.41) is 9.32. The number of carboxylic acid groups (broad SMARTS) is 1. The Hall–Kier alpha value is -2.08.